The van der Waals surface area contributed by atoms with Gasteiger partial charge in [0.15, 0.2) is 0 Å². The number of halogens is 3. The van der Waals surface area contributed by atoms with Gasteiger partial charge in [0.05, 0.1) is 15.1 Å². The largest absolute Gasteiger partial charge is 0.807 e. The maximum absolute atomic E-state index is 10.6. The molecule has 1 rings (SSSR count). The minimum atomic E-state index is -4.88. The standard InChI is InChI=1S/C6H4Cl3O3P/c7-3-1-5(9)6(2-4(3)8)13(10,11)12/h1-2H,(H2,10,11,12)/p-2. The Morgan fingerprint density at radius 3 is 1.92 bits per heavy atom. The van der Waals surface area contributed by atoms with Crippen molar-refractivity contribution in [2.75, 3.05) is 0 Å². The van der Waals surface area contributed by atoms with Crippen LogP contribution in [0, 0.1) is 0 Å². The molecule has 0 aliphatic heterocycles. The molecule has 0 aliphatic carbocycles. The van der Waals surface area contributed by atoms with Crippen LogP contribution in [-0.2, 0) is 4.57 Å². The van der Waals surface area contributed by atoms with E-state index in [-0.39, 0.29) is 15.1 Å². The third-order valence-corrected chi connectivity index (χ3v) is 3.41. The minimum Gasteiger partial charge on any atom is -0.807 e. The molecular weight excluding hydrogens is 257 g/mol. The molecule has 13 heavy (non-hydrogen) atoms. The average molecular weight is 259 g/mol. The topological polar surface area (TPSA) is 63.2 Å². The molecule has 0 saturated carbocycles. The summed E-state index contributed by atoms with van der Waals surface area (Å²) in [5, 5.41) is -0.678. The van der Waals surface area contributed by atoms with Crippen molar-refractivity contribution < 1.29 is 14.4 Å². The molecule has 7 heteroatoms. The lowest BCUT2D eigenvalue weighted by Crippen LogP contribution is -2.25. The van der Waals surface area contributed by atoms with Gasteiger partial charge in [0.2, 0.25) is 0 Å². The van der Waals surface area contributed by atoms with Crippen molar-refractivity contribution in [1.82, 2.24) is 0 Å². The first-order valence-corrected chi connectivity index (χ1v) is 5.67. The molecule has 0 amide bonds. The van der Waals surface area contributed by atoms with Crippen molar-refractivity contribution in [2.24, 2.45) is 0 Å². The van der Waals surface area contributed by atoms with Gasteiger partial charge in [-0.05, 0) is 19.7 Å². The molecule has 0 N–H and O–H groups in total. The number of benzene rings is 1. The van der Waals surface area contributed by atoms with Crippen LogP contribution < -0.4 is 15.1 Å². The number of rotatable bonds is 1. The normalized spacial score (nSPS) is 11.8. The summed E-state index contributed by atoms with van der Waals surface area (Å²) in [4.78, 5) is 21.2. The Hall–Kier alpha value is 0.240. The van der Waals surface area contributed by atoms with Crippen molar-refractivity contribution >= 4 is 47.7 Å². The lowest BCUT2D eigenvalue weighted by molar-refractivity contribution is -0.307. The maximum atomic E-state index is 10.6. The number of hydrogen-bond donors (Lipinski definition) is 0. The fourth-order valence-electron chi connectivity index (χ4n) is 0.722. The summed E-state index contributed by atoms with van der Waals surface area (Å²) in [6.45, 7) is 0. The van der Waals surface area contributed by atoms with E-state index in [2.05, 4.69) is 0 Å². The predicted octanol–water partition coefficient (Wildman–Crippen LogP) is 1.19. The van der Waals surface area contributed by atoms with Crippen LogP contribution in [0.15, 0.2) is 12.1 Å². The van der Waals surface area contributed by atoms with Crippen LogP contribution in [0.25, 0.3) is 0 Å². The van der Waals surface area contributed by atoms with Crippen LogP contribution in [0.5, 0.6) is 0 Å². The van der Waals surface area contributed by atoms with Crippen molar-refractivity contribution in [3.63, 3.8) is 0 Å². The van der Waals surface area contributed by atoms with E-state index in [9.17, 15) is 14.4 Å². The van der Waals surface area contributed by atoms with Crippen LogP contribution >= 0.6 is 42.4 Å². The van der Waals surface area contributed by atoms with Crippen LogP contribution in [0.1, 0.15) is 0 Å². The third kappa shape index (κ3) is 2.59. The highest BCUT2D eigenvalue weighted by atomic mass is 35.5. The zero-order valence-corrected chi connectivity index (χ0v) is 9.12. The van der Waals surface area contributed by atoms with Crippen molar-refractivity contribution in [3.8, 4) is 0 Å². The Kier molecular flexibility index (Phi) is 3.29. The monoisotopic (exact) mass is 258 g/mol. The van der Waals surface area contributed by atoms with Crippen LogP contribution in [0.2, 0.25) is 15.1 Å². The smallest absolute Gasteiger partial charge is 0.0607 e. The molecular formula is C6H2Cl3O3P-2. The molecule has 72 valence electrons. The Bertz CT molecular complexity index is 387. The molecule has 0 bridgehead atoms. The van der Waals surface area contributed by atoms with Crippen LogP contribution in [0.3, 0.4) is 0 Å². The Balaban J connectivity index is 3.41. The number of hydrogen-bond acceptors (Lipinski definition) is 3. The summed E-state index contributed by atoms with van der Waals surface area (Å²) in [7, 11) is -4.88. The lowest BCUT2D eigenvalue weighted by atomic mass is 10.4. The molecule has 3 nitrogen and oxygen atoms in total. The SMILES string of the molecule is O=P([O-])([O-])c1cc(Cl)c(Cl)cc1Cl. The molecule has 0 spiro atoms. The van der Waals surface area contributed by atoms with Crippen molar-refractivity contribution in [2.45, 2.75) is 0 Å². The van der Waals surface area contributed by atoms with Gasteiger partial charge in [-0.3, -0.25) is 0 Å². The molecule has 0 fully saturated rings. The quantitative estimate of drug-likeness (QED) is 0.562. The average Bonchev–Trinajstić information content (AvgIpc) is 1.94. The summed E-state index contributed by atoms with van der Waals surface area (Å²) in [5.41, 5.74) is 0. The van der Waals surface area contributed by atoms with E-state index < -0.39 is 12.9 Å². The molecule has 0 saturated heterocycles. The third-order valence-electron chi connectivity index (χ3n) is 1.28. The van der Waals surface area contributed by atoms with E-state index in [0.29, 0.717) is 0 Å². The predicted molar refractivity (Wildman–Crippen MR) is 48.7 cm³/mol. The first-order valence-electron chi connectivity index (χ1n) is 2.99. The van der Waals surface area contributed by atoms with E-state index >= 15 is 0 Å². The van der Waals surface area contributed by atoms with Crippen molar-refractivity contribution in [1.29, 1.82) is 0 Å². The highest BCUT2D eigenvalue weighted by Crippen LogP contribution is 2.32. The maximum Gasteiger partial charge on any atom is 0.0607 e. The highest BCUT2D eigenvalue weighted by molar-refractivity contribution is 7.57. The second kappa shape index (κ2) is 3.77. The summed E-state index contributed by atoms with van der Waals surface area (Å²) < 4.78 is 10.6. The Labute approximate surface area is 89.4 Å². The second-order valence-electron chi connectivity index (χ2n) is 2.22. The Morgan fingerprint density at radius 2 is 1.46 bits per heavy atom. The summed E-state index contributed by atoms with van der Waals surface area (Å²) in [5.74, 6) is 0. The van der Waals surface area contributed by atoms with Crippen LogP contribution in [-0.4, -0.2) is 0 Å². The van der Waals surface area contributed by atoms with Gasteiger partial charge >= 0.3 is 0 Å². The van der Waals surface area contributed by atoms with Gasteiger partial charge < -0.3 is 14.4 Å². The van der Waals surface area contributed by atoms with Gasteiger partial charge in [0.25, 0.3) is 0 Å². The van der Waals surface area contributed by atoms with Crippen LogP contribution in [0.4, 0.5) is 0 Å². The molecule has 0 heterocycles. The van der Waals surface area contributed by atoms with E-state index in [1.807, 2.05) is 0 Å². The summed E-state index contributed by atoms with van der Waals surface area (Å²) in [6, 6.07) is 2.05. The minimum absolute atomic E-state index is 0.0204. The zero-order valence-electron chi connectivity index (χ0n) is 5.96. The van der Waals surface area contributed by atoms with Gasteiger partial charge in [0, 0.05) is 5.30 Å². The van der Waals surface area contributed by atoms with Gasteiger partial charge in [-0.15, -0.1) is 0 Å². The fraction of sp³-hybridized carbons (Fsp3) is 0. The van der Waals surface area contributed by atoms with Gasteiger partial charge in [-0.25, -0.2) is 0 Å². The first kappa shape index (κ1) is 11.3. The molecule has 0 unspecified atom stereocenters. The van der Waals surface area contributed by atoms with E-state index in [1.165, 1.54) is 0 Å². The zero-order chi connectivity index (χ0) is 10.2. The molecule has 0 aliphatic rings. The van der Waals surface area contributed by atoms with Crippen molar-refractivity contribution in [3.05, 3.63) is 27.2 Å². The molecule has 1 aromatic carbocycles. The fourth-order valence-corrected chi connectivity index (χ4v) is 2.27. The molecule has 0 aromatic heterocycles. The Morgan fingerprint density at radius 1 is 1.00 bits per heavy atom. The molecule has 1 aromatic rings. The van der Waals surface area contributed by atoms with E-state index in [1.54, 1.807) is 0 Å². The van der Waals surface area contributed by atoms with Gasteiger partial charge in [-0.2, -0.15) is 0 Å². The highest BCUT2D eigenvalue weighted by Gasteiger charge is 2.08. The second-order valence-corrected chi connectivity index (χ2v) is 4.91. The van der Waals surface area contributed by atoms with E-state index in [0.717, 1.165) is 12.1 Å². The lowest BCUT2D eigenvalue weighted by Gasteiger charge is -2.30. The summed E-state index contributed by atoms with van der Waals surface area (Å²) in [6.07, 6.45) is 0. The van der Waals surface area contributed by atoms with Gasteiger partial charge in [0.1, 0.15) is 0 Å². The first-order chi connectivity index (χ1) is 5.82. The molecule has 0 atom stereocenters. The molecule has 0 radical (unpaired) electrons. The van der Waals surface area contributed by atoms with Gasteiger partial charge in [-0.1, -0.05) is 34.8 Å². The van der Waals surface area contributed by atoms with E-state index in [4.69, 9.17) is 34.8 Å². The summed E-state index contributed by atoms with van der Waals surface area (Å²) >= 11 is 16.5.